The van der Waals surface area contributed by atoms with Crippen molar-refractivity contribution in [3.05, 3.63) is 64.2 Å². The maximum Gasteiger partial charge on any atom is 0.294 e. The van der Waals surface area contributed by atoms with Gasteiger partial charge >= 0.3 is 0 Å². The standard InChI is InChI=1S/C18H21N3O4/c1-20(18(22)14-7-4-3-5-8-14)15-9-10-16(17(13-15)21(23)24)19-11-6-12-25-2/h3-5,7-10,13,19H,6,11-12H2,1-2H3. The Hall–Kier alpha value is -2.93. The van der Waals surface area contributed by atoms with Gasteiger partial charge in [0.25, 0.3) is 11.6 Å². The Morgan fingerprint density at radius 1 is 1.24 bits per heavy atom. The average molecular weight is 343 g/mol. The SMILES string of the molecule is COCCCNc1ccc(N(C)C(=O)c2ccccc2)cc1[N+](=O)[O-]. The molecule has 7 heteroatoms. The van der Waals surface area contributed by atoms with Crippen molar-refractivity contribution in [1.82, 2.24) is 0 Å². The number of amides is 1. The van der Waals surface area contributed by atoms with E-state index in [1.807, 2.05) is 6.07 Å². The van der Waals surface area contributed by atoms with E-state index in [9.17, 15) is 14.9 Å². The molecule has 0 spiro atoms. The maximum absolute atomic E-state index is 12.5. The second-order valence-electron chi connectivity index (χ2n) is 5.46. The van der Waals surface area contributed by atoms with Crippen molar-refractivity contribution in [3.63, 3.8) is 0 Å². The van der Waals surface area contributed by atoms with E-state index in [4.69, 9.17) is 4.74 Å². The molecule has 7 nitrogen and oxygen atoms in total. The van der Waals surface area contributed by atoms with E-state index < -0.39 is 4.92 Å². The van der Waals surface area contributed by atoms with Crippen LogP contribution in [0.4, 0.5) is 17.1 Å². The number of carbonyl (C=O) groups is 1. The number of nitrogens with one attached hydrogen (secondary N) is 1. The zero-order valence-corrected chi connectivity index (χ0v) is 14.3. The van der Waals surface area contributed by atoms with Crippen LogP contribution in [0.3, 0.4) is 0 Å². The van der Waals surface area contributed by atoms with Crippen LogP contribution in [0.15, 0.2) is 48.5 Å². The summed E-state index contributed by atoms with van der Waals surface area (Å²) in [6.07, 6.45) is 0.738. The van der Waals surface area contributed by atoms with Crippen molar-refractivity contribution in [2.45, 2.75) is 6.42 Å². The molecular weight excluding hydrogens is 322 g/mol. The molecule has 25 heavy (non-hydrogen) atoms. The number of nitro groups is 1. The van der Waals surface area contributed by atoms with Crippen molar-refractivity contribution in [2.24, 2.45) is 0 Å². The Morgan fingerprint density at radius 3 is 2.60 bits per heavy atom. The molecule has 0 bridgehead atoms. The third-order valence-corrected chi connectivity index (χ3v) is 3.73. The molecule has 0 radical (unpaired) electrons. The van der Waals surface area contributed by atoms with Crippen molar-refractivity contribution < 1.29 is 14.5 Å². The number of ether oxygens (including phenoxy) is 1. The largest absolute Gasteiger partial charge is 0.385 e. The third-order valence-electron chi connectivity index (χ3n) is 3.73. The molecule has 2 aromatic rings. The number of hydrogen-bond donors (Lipinski definition) is 1. The van der Waals surface area contributed by atoms with Gasteiger partial charge in [-0.3, -0.25) is 14.9 Å². The van der Waals surface area contributed by atoms with Crippen LogP contribution in [0.25, 0.3) is 0 Å². The summed E-state index contributed by atoms with van der Waals surface area (Å²) >= 11 is 0. The first-order valence-electron chi connectivity index (χ1n) is 7.89. The van der Waals surface area contributed by atoms with Crippen LogP contribution in [-0.4, -0.2) is 38.1 Å². The molecule has 0 unspecified atom stereocenters. The molecule has 1 amide bonds. The molecule has 0 aliphatic heterocycles. The lowest BCUT2D eigenvalue weighted by Crippen LogP contribution is -2.26. The molecule has 2 aromatic carbocycles. The summed E-state index contributed by atoms with van der Waals surface area (Å²) in [7, 11) is 3.21. The molecule has 2 rings (SSSR count). The van der Waals surface area contributed by atoms with Gasteiger partial charge in [0.1, 0.15) is 5.69 Å². The first-order valence-corrected chi connectivity index (χ1v) is 7.89. The second-order valence-corrected chi connectivity index (χ2v) is 5.46. The number of nitrogens with zero attached hydrogens (tertiary/aromatic N) is 2. The second kappa shape index (κ2) is 8.79. The average Bonchev–Trinajstić information content (AvgIpc) is 2.64. The van der Waals surface area contributed by atoms with Crippen molar-refractivity contribution in [2.75, 3.05) is 37.5 Å². The summed E-state index contributed by atoms with van der Waals surface area (Å²) in [5.41, 5.74) is 1.34. The quantitative estimate of drug-likeness (QED) is 0.451. The molecule has 0 aromatic heterocycles. The highest BCUT2D eigenvalue weighted by molar-refractivity contribution is 6.06. The van der Waals surface area contributed by atoms with E-state index in [0.717, 1.165) is 6.42 Å². The first kappa shape index (κ1) is 18.4. The first-order chi connectivity index (χ1) is 12.0. The lowest BCUT2D eigenvalue weighted by molar-refractivity contribution is -0.383. The van der Waals surface area contributed by atoms with Gasteiger partial charge in [0.15, 0.2) is 0 Å². The van der Waals surface area contributed by atoms with Gasteiger partial charge in [-0.1, -0.05) is 18.2 Å². The summed E-state index contributed by atoms with van der Waals surface area (Å²) in [6, 6.07) is 13.5. The lowest BCUT2D eigenvalue weighted by Gasteiger charge is -2.18. The smallest absolute Gasteiger partial charge is 0.294 e. The normalized spacial score (nSPS) is 10.3. The van der Waals surface area contributed by atoms with Gasteiger partial charge in [-0.2, -0.15) is 0 Å². The van der Waals surface area contributed by atoms with Gasteiger partial charge < -0.3 is 15.0 Å². The molecule has 0 atom stereocenters. The molecule has 132 valence electrons. The maximum atomic E-state index is 12.5. The van der Waals surface area contributed by atoms with Crippen LogP contribution in [0, 0.1) is 10.1 Å². The van der Waals surface area contributed by atoms with E-state index in [-0.39, 0.29) is 11.6 Å². The van der Waals surface area contributed by atoms with Crippen molar-refractivity contribution in [3.8, 4) is 0 Å². The van der Waals surface area contributed by atoms with E-state index in [0.29, 0.717) is 30.1 Å². The Morgan fingerprint density at radius 2 is 1.96 bits per heavy atom. The van der Waals surface area contributed by atoms with E-state index in [1.165, 1.54) is 11.0 Å². The van der Waals surface area contributed by atoms with Crippen molar-refractivity contribution >= 4 is 23.0 Å². The van der Waals surface area contributed by atoms with E-state index >= 15 is 0 Å². The van der Waals surface area contributed by atoms with Crippen LogP contribution < -0.4 is 10.2 Å². The molecule has 0 fully saturated rings. The van der Waals surface area contributed by atoms with Crippen LogP contribution in [0.5, 0.6) is 0 Å². The zero-order chi connectivity index (χ0) is 18.2. The summed E-state index contributed by atoms with van der Waals surface area (Å²) in [4.78, 5) is 24.8. The summed E-state index contributed by atoms with van der Waals surface area (Å²) in [6.45, 7) is 1.14. The number of carbonyl (C=O) groups excluding carboxylic acids is 1. The molecule has 0 saturated carbocycles. The van der Waals surface area contributed by atoms with Crippen molar-refractivity contribution in [1.29, 1.82) is 0 Å². The van der Waals surface area contributed by atoms with Crippen LogP contribution in [0.1, 0.15) is 16.8 Å². The minimum atomic E-state index is -0.455. The van der Waals surface area contributed by atoms with E-state index in [2.05, 4.69) is 5.32 Å². The lowest BCUT2D eigenvalue weighted by atomic mass is 10.1. The van der Waals surface area contributed by atoms with Crippen LogP contribution in [0.2, 0.25) is 0 Å². The highest BCUT2D eigenvalue weighted by Gasteiger charge is 2.19. The zero-order valence-electron chi connectivity index (χ0n) is 14.3. The fraction of sp³-hybridized carbons (Fsp3) is 0.278. The molecule has 1 N–H and O–H groups in total. The highest BCUT2D eigenvalue weighted by Crippen LogP contribution is 2.30. The number of hydrogen-bond acceptors (Lipinski definition) is 5. The monoisotopic (exact) mass is 343 g/mol. The topological polar surface area (TPSA) is 84.7 Å². The predicted octanol–water partition coefficient (Wildman–Crippen LogP) is 3.32. The van der Waals surface area contributed by atoms with Gasteiger partial charge in [-0.15, -0.1) is 0 Å². The van der Waals surface area contributed by atoms with Gasteiger partial charge in [0.2, 0.25) is 0 Å². The van der Waals surface area contributed by atoms with Crippen LogP contribution >= 0.6 is 0 Å². The minimum absolute atomic E-state index is 0.0670. The molecule has 0 aliphatic rings. The summed E-state index contributed by atoms with van der Waals surface area (Å²) in [5, 5.41) is 14.4. The number of benzene rings is 2. The number of methoxy groups -OCH3 is 1. The Bertz CT molecular complexity index is 734. The fourth-order valence-electron chi connectivity index (χ4n) is 2.36. The van der Waals surface area contributed by atoms with Crippen LogP contribution in [-0.2, 0) is 4.74 Å². The van der Waals surface area contributed by atoms with Gasteiger partial charge in [0, 0.05) is 38.9 Å². The predicted molar refractivity (Wildman–Crippen MR) is 97.3 cm³/mol. The molecule has 0 saturated heterocycles. The highest BCUT2D eigenvalue weighted by atomic mass is 16.6. The number of anilines is 2. The number of nitro benzene ring substituents is 1. The summed E-state index contributed by atoms with van der Waals surface area (Å²) < 4.78 is 4.96. The minimum Gasteiger partial charge on any atom is -0.385 e. The Labute approximate surface area is 146 Å². The Kier molecular flexibility index (Phi) is 6.47. The number of rotatable bonds is 8. The molecular formula is C18H21N3O4. The third kappa shape index (κ3) is 4.77. The van der Waals surface area contributed by atoms with Gasteiger partial charge in [0.05, 0.1) is 10.6 Å². The fourth-order valence-corrected chi connectivity index (χ4v) is 2.36. The van der Waals surface area contributed by atoms with Gasteiger partial charge in [-0.25, -0.2) is 0 Å². The van der Waals surface area contributed by atoms with E-state index in [1.54, 1.807) is 50.6 Å². The molecule has 0 heterocycles. The Balaban J connectivity index is 2.20. The van der Waals surface area contributed by atoms with Gasteiger partial charge in [-0.05, 0) is 30.7 Å². The molecule has 0 aliphatic carbocycles. The summed E-state index contributed by atoms with van der Waals surface area (Å²) in [5.74, 6) is -0.226.